The van der Waals surface area contributed by atoms with Crippen molar-refractivity contribution in [1.29, 1.82) is 0 Å². The molecule has 0 unspecified atom stereocenters. The highest BCUT2D eigenvalue weighted by Gasteiger charge is 2.48. The minimum atomic E-state index is -1.15. The molecule has 182 valence electrons. The van der Waals surface area contributed by atoms with E-state index in [1.807, 2.05) is 49.4 Å². The van der Waals surface area contributed by atoms with E-state index in [1.54, 1.807) is 33.1 Å². The van der Waals surface area contributed by atoms with E-state index < -0.39 is 34.9 Å². The van der Waals surface area contributed by atoms with Crippen LogP contribution in [0.2, 0.25) is 0 Å². The number of nitrogens with one attached hydrogen (secondary N) is 2. The van der Waals surface area contributed by atoms with Crippen LogP contribution in [0.1, 0.15) is 44.7 Å². The quantitative estimate of drug-likeness (QED) is 0.472. The third-order valence-corrected chi connectivity index (χ3v) is 6.32. The molecule has 7 heteroatoms. The molecule has 0 heterocycles. The second kappa shape index (κ2) is 10.4. The minimum absolute atomic E-state index is 0.0263. The first-order chi connectivity index (χ1) is 16.0. The highest BCUT2D eigenvalue weighted by atomic mass is 16.5. The maximum absolute atomic E-state index is 13.4. The van der Waals surface area contributed by atoms with Crippen molar-refractivity contribution >= 4 is 17.6 Å². The van der Waals surface area contributed by atoms with Crippen LogP contribution in [0.3, 0.4) is 0 Å². The molecule has 0 radical (unpaired) electrons. The van der Waals surface area contributed by atoms with Gasteiger partial charge in [0, 0.05) is 11.8 Å². The summed E-state index contributed by atoms with van der Waals surface area (Å²) in [4.78, 5) is 39.4. The lowest BCUT2D eigenvalue weighted by molar-refractivity contribution is -0.133. The summed E-state index contributed by atoms with van der Waals surface area (Å²) in [7, 11) is 1.58. The van der Waals surface area contributed by atoms with Crippen LogP contribution >= 0.6 is 0 Å². The largest absolute Gasteiger partial charge is 0.497 e. The van der Waals surface area contributed by atoms with E-state index >= 15 is 0 Å². The third-order valence-electron chi connectivity index (χ3n) is 6.32. The van der Waals surface area contributed by atoms with Crippen LogP contribution in [0.4, 0.5) is 0 Å². The molecule has 2 amide bonds. The number of amides is 2. The average Bonchev–Trinajstić information content (AvgIpc) is 3.56. The molecule has 4 N–H and O–H groups in total. The van der Waals surface area contributed by atoms with Gasteiger partial charge in [0.05, 0.1) is 18.7 Å². The molecule has 1 aliphatic carbocycles. The summed E-state index contributed by atoms with van der Waals surface area (Å²) in [6.07, 6.45) is 2.29. The summed E-state index contributed by atoms with van der Waals surface area (Å²) in [6.45, 7) is 5.10. The van der Waals surface area contributed by atoms with Crippen molar-refractivity contribution in [3.8, 4) is 5.75 Å². The van der Waals surface area contributed by atoms with Crippen molar-refractivity contribution in [2.24, 2.45) is 11.1 Å². The third kappa shape index (κ3) is 6.67. The Kier molecular flexibility index (Phi) is 7.77. The van der Waals surface area contributed by atoms with Crippen LogP contribution in [-0.2, 0) is 27.2 Å². The monoisotopic (exact) mass is 465 g/mol. The van der Waals surface area contributed by atoms with Crippen molar-refractivity contribution in [2.75, 3.05) is 7.11 Å². The molecule has 1 saturated carbocycles. The normalized spacial score (nSPS) is 16.1. The van der Waals surface area contributed by atoms with E-state index in [0.29, 0.717) is 12.2 Å². The van der Waals surface area contributed by atoms with Gasteiger partial charge in [0.15, 0.2) is 5.78 Å². The zero-order chi connectivity index (χ0) is 24.9. The number of nitrogens with two attached hydrogens (primary N) is 1. The number of hydrogen-bond donors (Lipinski definition) is 3. The van der Waals surface area contributed by atoms with Gasteiger partial charge in [0.2, 0.25) is 11.8 Å². The molecule has 2 atom stereocenters. The van der Waals surface area contributed by atoms with Crippen molar-refractivity contribution in [1.82, 2.24) is 10.6 Å². The van der Waals surface area contributed by atoms with Gasteiger partial charge in [-0.1, -0.05) is 49.4 Å². The molecule has 3 rings (SSSR count). The standard InChI is InChI=1S/C27H35N3O4/c1-26(2,28)25(33)30-22(17-19-10-12-20(34-4)13-11-19)24(32)29-21(23(31)27(3)14-15-27)16-18-8-6-5-7-9-18/h5-13,21-22H,14-17,28H2,1-4H3,(H,29,32)(H,30,33)/t21-,22-/m0/s1. The molecule has 0 aliphatic heterocycles. The van der Waals surface area contributed by atoms with E-state index in [0.717, 1.165) is 24.0 Å². The zero-order valence-corrected chi connectivity index (χ0v) is 20.4. The fraction of sp³-hybridized carbons (Fsp3) is 0.444. The Balaban J connectivity index is 1.82. The molecule has 0 aromatic heterocycles. The number of ketones is 1. The van der Waals surface area contributed by atoms with Crippen LogP contribution in [0.5, 0.6) is 5.75 Å². The Labute approximate surface area is 201 Å². The van der Waals surface area contributed by atoms with Crippen LogP contribution < -0.4 is 21.1 Å². The second-order valence-electron chi connectivity index (χ2n) is 9.98. The predicted molar refractivity (Wildman–Crippen MR) is 131 cm³/mol. The average molecular weight is 466 g/mol. The molecule has 0 spiro atoms. The van der Waals surface area contributed by atoms with E-state index in [1.165, 1.54) is 0 Å². The first-order valence-electron chi connectivity index (χ1n) is 11.6. The van der Waals surface area contributed by atoms with Crippen LogP contribution in [0.25, 0.3) is 0 Å². The number of benzene rings is 2. The maximum atomic E-state index is 13.4. The topological polar surface area (TPSA) is 111 Å². The van der Waals surface area contributed by atoms with Gasteiger partial charge in [-0.05, 0) is 56.4 Å². The molecule has 0 saturated heterocycles. The lowest BCUT2D eigenvalue weighted by Gasteiger charge is -2.27. The van der Waals surface area contributed by atoms with Crippen LogP contribution in [0.15, 0.2) is 54.6 Å². The fourth-order valence-electron chi connectivity index (χ4n) is 3.74. The molecule has 7 nitrogen and oxygen atoms in total. The Morgan fingerprint density at radius 2 is 1.50 bits per heavy atom. The Hall–Kier alpha value is -3.19. The number of methoxy groups -OCH3 is 1. The second-order valence-corrected chi connectivity index (χ2v) is 9.98. The van der Waals surface area contributed by atoms with Gasteiger partial charge in [-0.2, -0.15) is 0 Å². The number of rotatable bonds is 11. The van der Waals surface area contributed by atoms with Gasteiger partial charge in [-0.15, -0.1) is 0 Å². The van der Waals surface area contributed by atoms with E-state index in [2.05, 4.69) is 10.6 Å². The van der Waals surface area contributed by atoms with Gasteiger partial charge < -0.3 is 21.1 Å². The summed E-state index contributed by atoms with van der Waals surface area (Å²) < 4.78 is 5.20. The molecule has 2 aromatic rings. The van der Waals surface area contributed by atoms with Crippen molar-refractivity contribution < 1.29 is 19.1 Å². The molecule has 0 bridgehead atoms. The van der Waals surface area contributed by atoms with Crippen molar-refractivity contribution in [2.45, 2.75) is 64.1 Å². The predicted octanol–water partition coefficient (Wildman–Crippen LogP) is 2.56. The van der Waals surface area contributed by atoms with Gasteiger partial charge in [-0.25, -0.2) is 0 Å². The lowest BCUT2D eigenvalue weighted by Crippen LogP contribution is -2.58. The van der Waals surface area contributed by atoms with Crippen molar-refractivity contribution in [3.05, 3.63) is 65.7 Å². The summed E-state index contributed by atoms with van der Waals surface area (Å²) in [5.41, 5.74) is 6.21. The highest BCUT2D eigenvalue weighted by molar-refractivity contribution is 5.97. The molecule has 2 aromatic carbocycles. The maximum Gasteiger partial charge on any atom is 0.243 e. The molecule has 34 heavy (non-hydrogen) atoms. The summed E-state index contributed by atoms with van der Waals surface area (Å²) in [5, 5.41) is 5.72. The van der Waals surface area contributed by atoms with E-state index in [-0.39, 0.29) is 12.2 Å². The Morgan fingerprint density at radius 3 is 2.03 bits per heavy atom. The number of hydrogen-bond acceptors (Lipinski definition) is 5. The first kappa shape index (κ1) is 25.4. The van der Waals surface area contributed by atoms with Crippen molar-refractivity contribution in [3.63, 3.8) is 0 Å². The summed E-state index contributed by atoms with van der Waals surface area (Å²) in [6, 6.07) is 15.3. The fourth-order valence-corrected chi connectivity index (χ4v) is 3.74. The Bertz CT molecular complexity index is 1010. The number of Topliss-reactive ketones (excluding diaryl/α,β-unsaturated/α-hetero) is 1. The minimum Gasteiger partial charge on any atom is -0.497 e. The van der Waals surface area contributed by atoms with Crippen LogP contribution in [-0.4, -0.2) is 42.3 Å². The molecule has 1 fully saturated rings. The molecule has 1 aliphatic rings. The SMILES string of the molecule is COc1ccc(C[C@H](NC(=O)C(C)(C)N)C(=O)N[C@@H](Cc2ccccc2)C(=O)C2(C)CC2)cc1. The Morgan fingerprint density at radius 1 is 0.941 bits per heavy atom. The lowest BCUT2D eigenvalue weighted by atomic mass is 9.92. The zero-order valence-electron chi connectivity index (χ0n) is 20.4. The summed E-state index contributed by atoms with van der Waals surface area (Å²) >= 11 is 0. The molecular weight excluding hydrogens is 430 g/mol. The first-order valence-corrected chi connectivity index (χ1v) is 11.6. The van der Waals surface area contributed by atoms with Gasteiger partial charge in [0.25, 0.3) is 0 Å². The molecular formula is C27H35N3O4. The highest BCUT2D eigenvalue weighted by Crippen LogP contribution is 2.46. The number of carbonyl (C=O) groups is 3. The van der Waals surface area contributed by atoms with Gasteiger partial charge in [0.1, 0.15) is 11.8 Å². The van der Waals surface area contributed by atoms with Crippen LogP contribution in [0, 0.1) is 5.41 Å². The smallest absolute Gasteiger partial charge is 0.243 e. The number of ether oxygens (including phenoxy) is 1. The summed E-state index contributed by atoms with van der Waals surface area (Å²) in [5.74, 6) is -0.130. The van der Waals surface area contributed by atoms with Gasteiger partial charge >= 0.3 is 0 Å². The van der Waals surface area contributed by atoms with E-state index in [9.17, 15) is 14.4 Å². The number of carbonyl (C=O) groups excluding carboxylic acids is 3. The van der Waals surface area contributed by atoms with Gasteiger partial charge in [-0.3, -0.25) is 14.4 Å². The van der Waals surface area contributed by atoms with E-state index in [4.69, 9.17) is 10.5 Å².